The summed E-state index contributed by atoms with van der Waals surface area (Å²) in [6.45, 7) is 0.620. The van der Waals surface area contributed by atoms with Crippen LogP contribution in [0.2, 0.25) is 0 Å². The third-order valence-corrected chi connectivity index (χ3v) is 5.69. The third kappa shape index (κ3) is 3.63. The molecule has 1 unspecified atom stereocenters. The highest BCUT2D eigenvalue weighted by Crippen LogP contribution is 2.33. The first kappa shape index (κ1) is 16.4. The Hall–Kier alpha value is -2.09. The van der Waals surface area contributed by atoms with Crippen LogP contribution in [-0.2, 0) is 4.79 Å². The van der Waals surface area contributed by atoms with Crippen LogP contribution in [-0.4, -0.2) is 38.5 Å². The summed E-state index contributed by atoms with van der Waals surface area (Å²) in [7, 11) is 0. The van der Waals surface area contributed by atoms with Gasteiger partial charge in [0.15, 0.2) is 0 Å². The molecule has 1 aromatic carbocycles. The fourth-order valence-electron chi connectivity index (χ4n) is 3.52. The van der Waals surface area contributed by atoms with Gasteiger partial charge in [0.2, 0.25) is 11.1 Å². The van der Waals surface area contributed by atoms with Gasteiger partial charge in [-0.15, -0.1) is 5.10 Å². The second-order valence-electron chi connectivity index (χ2n) is 6.43. The maximum absolute atomic E-state index is 12.4. The van der Waals surface area contributed by atoms with Gasteiger partial charge in [-0.1, -0.05) is 42.8 Å². The average Bonchev–Trinajstić information content (AvgIpc) is 3.31. The number of hydrogen-bond acceptors (Lipinski definition) is 6. The molecule has 8 heteroatoms. The van der Waals surface area contributed by atoms with Crippen LogP contribution in [0.25, 0.3) is 0 Å². The highest BCUT2D eigenvalue weighted by molar-refractivity contribution is 7.99. The quantitative estimate of drug-likeness (QED) is 0.826. The van der Waals surface area contributed by atoms with E-state index in [0.29, 0.717) is 18.4 Å². The summed E-state index contributed by atoms with van der Waals surface area (Å²) in [4.78, 5) is 12.4. The van der Waals surface area contributed by atoms with Crippen LogP contribution >= 0.6 is 11.8 Å². The van der Waals surface area contributed by atoms with Gasteiger partial charge in [-0.2, -0.15) is 0 Å². The number of para-hydroxylation sites is 1. The number of rotatable bonds is 5. The van der Waals surface area contributed by atoms with Gasteiger partial charge in [0.05, 0.1) is 24.4 Å². The minimum Gasteiger partial charge on any atom is -0.493 e. The molecule has 4 rings (SSSR count). The second kappa shape index (κ2) is 7.43. The molecule has 2 aliphatic rings. The average molecular weight is 359 g/mol. The van der Waals surface area contributed by atoms with E-state index >= 15 is 0 Å². The number of fused-ring (bicyclic) bond motifs is 1. The zero-order valence-electron chi connectivity index (χ0n) is 13.9. The summed E-state index contributed by atoms with van der Waals surface area (Å²) < 4.78 is 7.52. The maximum Gasteiger partial charge on any atom is 0.230 e. The molecule has 25 heavy (non-hydrogen) atoms. The molecular weight excluding hydrogens is 338 g/mol. The van der Waals surface area contributed by atoms with Crippen LogP contribution in [0.4, 0.5) is 0 Å². The predicted molar refractivity (Wildman–Crippen MR) is 93.5 cm³/mol. The summed E-state index contributed by atoms with van der Waals surface area (Å²) >= 11 is 1.40. The maximum atomic E-state index is 12.4. The number of thioether (sulfide) groups is 1. The van der Waals surface area contributed by atoms with Gasteiger partial charge in [-0.05, 0) is 29.3 Å². The van der Waals surface area contributed by atoms with E-state index in [1.54, 1.807) is 0 Å². The number of ether oxygens (including phenoxy) is 1. The smallest absolute Gasteiger partial charge is 0.230 e. The van der Waals surface area contributed by atoms with Crippen molar-refractivity contribution >= 4 is 17.7 Å². The van der Waals surface area contributed by atoms with Crippen LogP contribution in [0, 0.1) is 0 Å². The van der Waals surface area contributed by atoms with E-state index in [1.165, 1.54) is 24.6 Å². The first-order valence-electron chi connectivity index (χ1n) is 8.73. The van der Waals surface area contributed by atoms with Crippen LogP contribution in [0.5, 0.6) is 5.75 Å². The molecule has 2 heterocycles. The van der Waals surface area contributed by atoms with Crippen molar-refractivity contribution in [2.45, 2.75) is 49.3 Å². The SMILES string of the molecule is O=C(CSc1nnnn1C1CCCC1)NC1CCOc2ccccc21. The highest BCUT2D eigenvalue weighted by Gasteiger charge is 2.24. The standard InChI is InChI=1S/C17H21N5O2S/c23-16(18-14-9-10-24-15-8-4-3-7-13(14)15)11-25-17-19-20-21-22(17)12-5-1-2-6-12/h3-4,7-8,12,14H,1-2,5-6,9-11H2,(H,18,23). The van der Waals surface area contributed by atoms with Crippen molar-refractivity contribution in [3.05, 3.63) is 29.8 Å². The number of nitrogens with one attached hydrogen (secondary N) is 1. The van der Waals surface area contributed by atoms with Gasteiger partial charge in [0.1, 0.15) is 5.75 Å². The Bertz CT molecular complexity index is 744. The Morgan fingerprint density at radius 2 is 2.12 bits per heavy atom. The lowest BCUT2D eigenvalue weighted by Crippen LogP contribution is -2.33. The van der Waals surface area contributed by atoms with Crippen LogP contribution < -0.4 is 10.1 Å². The number of aromatic nitrogens is 4. The minimum atomic E-state index is -0.00678. The van der Waals surface area contributed by atoms with E-state index in [1.807, 2.05) is 28.9 Å². The summed E-state index contributed by atoms with van der Waals surface area (Å²) in [6.07, 6.45) is 5.46. The Balaban J connectivity index is 1.35. The van der Waals surface area contributed by atoms with Gasteiger partial charge < -0.3 is 10.1 Å². The fourth-order valence-corrected chi connectivity index (χ4v) is 4.27. The first-order chi connectivity index (χ1) is 12.3. The van der Waals surface area contributed by atoms with E-state index in [2.05, 4.69) is 20.8 Å². The molecule has 0 bridgehead atoms. The van der Waals surface area contributed by atoms with E-state index in [0.717, 1.165) is 35.7 Å². The molecule has 0 spiro atoms. The Morgan fingerprint density at radius 1 is 1.28 bits per heavy atom. The van der Waals surface area contributed by atoms with Crippen LogP contribution in [0.1, 0.15) is 49.8 Å². The van der Waals surface area contributed by atoms with Crippen molar-refractivity contribution < 1.29 is 9.53 Å². The lowest BCUT2D eigenvalue weighted by Gasteiger charge is -2.26. The van der Waals surface area contributed by atoms with E-state index in [-0.39, 0.29) is 11.9 Å². The lowest BCUT2D eigenvalue weighted by molar-refractivity contribution is -0.119. The molecule has 0 radical (unpaired) electrons. The van der Waals surface area contributed by atoms with Crippen molar-refractivity contribution in [2.24, 2.45) is 0 Å². The number of tetrazole rings is 1. The summed E-state index contributed by atoms with van der Waals surface area (Å²) in [5.41, 5.74) is 1.04. The molecule has 1 fully saturated rings. The number of nitrogens with zero attached hydrogens (tertiary/aromatic N) is 4. The molecule has 2 aromatic rings. The Morgan fingerprint density at radius 3 is 3.00 bits per heavy atom. The molecule has 1 aromatic heterocycles. The second-order valence-corrected chi connectivity index (χ2v) is 7.37. The van der Waals surface area contributed by atoms with Gasteiger partial charge in [0.25, 0.3) is 0 Å². The van der Waals surface area contributed by atoms with Crippen molar-refractivity contribution in [2.75, 3.05) is 12.4 Å². The first-order valence-corrected chi connectivity index (χ1v) is 9.71. The van der Waals surface area contributed by atoms with Crippen LogP contribution in [0.15, 0.2) is 29.4 Å². The summed E-state index contributed by atoms with van der Waals surface area (Å²) in [6, 6.07) is 8.25. The van der Waals surface area contributed by atoms with Gasteiger partial charge in [-0.3, -0.25) is 4.79 Å². The van der Waals surface area contributed by atoms with Gasteiger partial charge in [0, 0.05) is 12.0 Å². The number of carbonyl (C=O) groups is 1. The van der Waals surface area contributed by atoms with E-state index in [4.69, 9.17) is 4.74 Å². The predicted octanol–water partition coefficient (Wildman–Crippen LogP) is 2.52. The molecule has 1 aliphatic heterocycles. The minimum absolute atomic E-state index is 0.00359. The number of carbonyl (C=O) groups excluding carboxylic acids is 1. The monoisotopic (exact) mass is 359 g/mol. The number of benzene rings is 1. The van der Waals surface area contributed by atoms with Crippen LogP contribution in [0.3, 0.4) is 0 Å². The normalized spacial score (nSPS) is 20.1. The molecule has 7 nitrogen and oxygen atoms in total. The number of amides is 1. The Labute approximate surface area is 150 Å². The van der Waals surface area contributed by atoms with Crippen molar-refractivity contribution in [3.63, 3.8) is 0 Å². The van der Waals surface area contributed by atoms with Crippen molar-refractivity contribution in [1.82, 2.24) is 25.5 Å². The molecule has 132 valence electrons. The Kier molecular flexibility index (Phi) is 4.87. The third-order valence-electron chi connectivity index (χ3n) is 4.76. The molecule has 1 aliphatic carbocycles. The largest absolute Gasteiger partial charge is 0.493 e. The molecule has 1 atom stereocenters. The summed E-state index contributed by atoms with van der Waals surface area (Å²) in [5.74, 6) is 1.16. The van der Waals surface area contributed by atoms with Gasteiger partial charge in [-0.25, -0.2) is 4.68 Å². The fraction of sp³-hybridized carbons (Fsp3) is 0.529. The summed E-state index contributed by atoms with van der Waals surface area (Å²) in [5, 5.41) is 15.8. The molecule has 1 saturated carbocycles. The number of hydrogen-bond donors (Lipinski definition) is 1. The van der Waals surface area contributed by atoms with E-state index < -0.39 is 0 Å². The lowest BCUT2D eigenvalue weighted by atomic mass is 10.0. The zero-order valence-corrected chi connectivity index (χ0v) is 14.7. The molecule has 0 saturated heterocycles. The molecule has 1 amide bonds. The zero-order chi connectivity index (χ0) is 17.1. The van der Waals surface area contributed by atoms with E-state index in [9.17, 15) is 4.79 Å². The molecule has 1 N–H and O–H groups in total. The topological polar surface area (TPSA) is 81.9 Å². The van der Waals surface area contributed by atoms with Gasteiger partial charge >= 0.3 is 0 Å². The van der Waals surface area contributed by atoms with Crippen molar-refractivity contribution in [1.29, 1.82) is 0 Å². The highest BCUT2D eigenvalue weighted by atomic mass is 32.2. The van der Waals surface area contributed by atoms with Crippen molar-refractivity contribution in [3.8, 4) is 5.75 Å². The molecular formula is C17H21N5O2S.